The molecule has 4 rings (SSSR count). The van der Waals surface area contributed by atoms with E-state index in [1.54, 1.807) is 12.3 Å². The van der Waals surface area contributed by atoms with Crippen LogP contribution in [-0.4, -0.2) is 27.2 Å². The van der Waals surface area contributed by atoms with Gasteiger partial charge in [-0.25, -0.2) is 14.1 Å². The summed E-state index contributed by atoms with van der Waals surface area (Å²) < 4.78 is 15.1. The molecule has 1 aliphatic carbocycles. The smallest absolute Gasteiger partial charge is 0.252 e. The normalized spacial score (nSPS) is 14.1. The standard InChI is InChI=1S/C21H23FN4O/c1-13(2)26-20-18(12-24-26)17(11-19(25-20)15-6-7-15)21(27)23-9-8-14-4-3-5-16(22)10-14/h3-5,10-13,15H,6-9H2,1-2H3,(H,23,27). The minimum atomic E-state index is -0.259. The summed E-state index contributed by atoms with van der Waals surface area (Å²) in [7, 11) is 0. The summed E-state index contributed by atoms with van der Waals surface area (Å²) in [5, 5.41) is 8.16. The van der Waals surface area contributed by atoms with E-state index in [2.05, 4.69) is 24.3 Å². The molecule has 1 N–H and O–H groups in total. The average Bonchev–Trinajstić information content (AvgIpc) is 3.39. The summed E-state index contributed by atoms with van der Waals surface area (Å²) >= 11 is 0. The van der Waals surface area contributed by atoms with Crippen molar-refractivity contribution in [2.24, 2.45) is 0 Å². The molecule has 0 bridgehead atoms. The number of amides is 1. The SMILES string of the molecule is CC(C)n1ncc2c(C(=O)NCCc3cccc(F)c3)cc(C3CC3)nc21. The van der Waals surface area contributed by atoms with E-state index < -0.39 is 0 Å². The number of carbonyl (C=O) groups is 1. The number of rotatable bonds is 6. The second kappa shape index (κ2) is 7.10. The van der Waals surface area contributed by atoms with Crippen LogP contribution in [-0.2, 0) is 6.42 Å². The van der Waals surface area contributed by atoms with Crippen molar-refractivity contribution in [2.75, 3.05) is 6.54 Å². The highest BCUT2D eigenvalue weighted by Gasteiger charge is 2.28. The molecule has 5 nitrogen and oxygen atoms in total. The first-order valence-corrected chi connectivity index (χ1v) is 9.43. The molecule has 0 unspecified atom stereocenters. The van der Waals surface area contributed by atoms with Crippen molar-refractivity contribution in [3.05, 3.63) is 59.2 Å². The van der Waals surface area contributed by atoms with Crippen LogP contribution in [0.1, 0.15) is 60.3 Å². The Morgan fingerprint density at radius 2 is 2.15 bits per heavy atom. The predicted octanol–water partition coefficient (Wildman–Crippen LogP) is 4.00. The number of pyridine rings is 1. The fourth-order valence-electron chi connectivity index (χ4n) is 3.30. The third-order valence-corrected chi connectivity index (χ3v) is 4.90. The minimum absolute atomic E-state index is 0.135. The monoisotopic (exact) mass is 366 g/mol. The largest absolute Gasteiger partial charge is 0.352 e. The number of hydrogen-bond acceptors (Lipinski definition) is 3. The number of fused-ring (bicyclic) bond motifs is 1. The van der Waals surface area contributed by atoms with E-state index in [1.165, 1.54) is 12.1 Å². The summed E-state index contributed by atoms with van der Waals surface area (Å²) in [4.78, 5) is 17.6. The first-order valence-electron chi connectivity index (χ1n) is 9.43. The molecule has 6 heteroatoms. The third-order valence-electron chi connectivity index (χ3n) is 4.90. The highest BCUT2D eigenvalue weighted by Crippen LogP contribution is 2.40. The summed E-state index contributed by atoms with van der Waals surface area (Å²) in [6.07, 6.45) is 4.54. The van der Waals surface area contributed by atoms with Crippen molar-refractivity contribution in [1.29, 1.82) is 0 Å². The van der Waals surface area contributed by atoms with Gasteiger partial charge in [-0.3, -0.25) is 4.79 Å². The molecule has 0 atom stereocenters. The van der Waals surface area contributed by atoms with Gasteiger partial charge in [-0.15, -0.1) is 0 Å². The van der Waals surface area contributed by atoms with Crippen LogP contribution in [0.3, 0.4) is 0 Å². The Balaban J connectivity index is 1.57. The first-order chi connectivity index (χ1) is 13.0. The number of nitrogens with zero attached hydrogens (tertiary/aromatic N) is 3. The zero-order chi connectivity index (χ0) is 19.0. The topological polar surface area (TPSA) is 59.8 Å². The van der Waals surface area contributed by atoms with Crippen LogP contribution in [0, 0.1) is 5.82 Å². The average molecular weight is 366 g/mol. The van der Waals surface area contributed by atoms with E-state index in [0.717, 1.165) is 35.1 Å². The maximum atomic E-state index is 13.3. The molecule has 1 saturated carbocycles. The fourth-order valence-corrected chi connectivity index (χ4v) is 3.30. The Bertz CT molecular complexity index is 991. The van der Waals surface area contributed by atoms with E-state index in [4.69, 9.17) is 4.98 Å². The van der Waals surface area contributed by atoms with Gasteiger partial charge in [0.2, 0.25) is 0 Å². The molecule has 0 aliphatic heterocycles. The predicted molar refractivity (Wildman–Crippen MR) is 102 cm³/mol. The zero-order valence-electron chi connectivity index (χ0n) is 15.6. The van der Waals surface area contributed by atoms with Gasteiger partial charge in [-0.2, -0.15) is 5.10 Å². The van der Waals surface area contributed by atoms with Crippen molar-refractivity contribution < 1.29 is 9.18 Å². The highest BCUT2D eigenvalue weighted by molar-refractivity contribution is 6.05. The van der Waals surface area contributed by atoms with Gasteiger partial charge in [0.1, 0.15) is 5.82 Å². The van der Waals surface area contributed by atoms with Crippen molar-refractivity contribution in [3.8, 4) is 0 Å². The van der Waals surface area contributed by atoms with Crippen LogP contribution in [0.2, 0.25) is 0 Å². The molecular weight excluding hydrogens is 343 g/mol. The fraction of sp³-hybridized carbons (Fsp3) is 0.381. The molecule has 1 aromatic carbocycles. The van der Waals surface area contributed by atoms with Crippen LogP contribution in [0.15, 0.2) is 36.5 Å². The van der Waals surface area contributed by atoms with Crippen molar-refractivity contribution in [1.82, 2.24) is 20.1 Å². The van der Waals surface area contributed by atoms with E-state index in [-0.39, 0.29) is 17.8 Å². The van der Waals surface area contributed by atoms with Crippen LogP contribution < -0.4 is 5.32 Å². The lowest BCUT2D eigenvalue weighted by molar-refractivity contribution is 0.0955. The van der Waals surface area contributed by atoms with Crippen LogP contribution >= 0.6 is 0 Å². The first kappa shape index (κ1) is 17.6. The van der Waals surface area contributed by atoms with Gasteiger partial charge in [-0.05, 0) is 56.9 Å². The summed E-state index contributed by atoms with van der Waals surface area (Å²) in [5.41, 5.74) is 3.22. The molecule has 0 radical (unpaired) electrons. The summed E-state index contributed by atoms with van der Waals surface area (Å²) in [6, 6.07) is 8.53. The van der Waals surface area contributed by atoms with E-state index in [9.17, 15) is 9.18 Å². The zero-order valence-corrected chi connectivity index (χ0v) is 15.6. The van der Waals surface area contributed by atoms with Crippen LogP contribution in [0.4, 0.5) is 4.39 Å². The minimum Gasteiger partial charge on any atom is -0.352 e. The number of halogens is 1. The maximum absolute atomic E-state index is 13.3. The van der Waals surface area contributed by atoms with Crippen molar-refractivity contribution >= 4 is 16.9 Å². The molecule has 0 saturated heterocycles. The highest BCUT2D eigenvalue weighted by atomic mass is 19.1. The van der Waals surface area contributed by atoms with E-state index in [0.29, 0.717) is 24.4 Å². The lowest BCUT2D eigenvalue weighted by atomic mass is 10.1. The number of benzene rings is 1. The van der Waals surface area contributed by atoms with Crippen molar-refractivity contribution in [2.45, 2.75) is 45.1 Å². The molecule has 27 heavy (non-hydrogen) atoms. The molecule has 0 spiro atoms. The van der Waals surface area contributed by atoms with E-state index >= 15 is 0 Å². The Morgan fingerprint density at radius 1 is 1.33 bits per heavy atom. The van der Waals surface area contributed by atoms with Gasteiger partial charge in [0.25, 0.3) is 5.91 Å². The van der Waals surface area contributed by atoms with Gasteiger partial charge >= 0.3 is 0 Å². The van der Waals surface area contributed by atoms with Crippen LogP contribution in [0.25, 0.3) is 11.0 Å². The van der Waals surface area contributed by atoms with Gasteiger partial charge < -0.3 is 5.32 Å². The Morgan fingerprint density at radius 3 is 2.85 bits per heavy atom. The molecule has 1 aliphatic rings. The summed E-state index contributed by atoms with van der Waals surface area (Å²) in [5.74, 6) is 0.0533. The lowest BCUT2D eigenvalue weighted by Gasteiger charge is -2.11. The van der Waals surface area contributed by atoms with Crippen molar-refractivity contribution in [3.63, 3.8) is 0 Å². The second-order valence-electron chi connectivity index (χ2n) is 7.42. The molecular formula is C21H23FN4O. The molecule has 1 amide bonds. The second-order valence-corrected chi connectivity index (χ2v) is 7.42. The third kappa shape index (κ3) is 3.70. The Kier molecular flexibility index (Phi) is 4.64. The van der Waals surface area contributed by atoms with Crippen LogP contribution in [0.5, 0.6) is 0 Å². The molecule has 140 valence electrons. The quantitative estimate of drug-likeness (QED) is 0.717. The number of hydrogen-bond donors (Lipinski definition) is 1. The van der Waals surface area contributed by atoms with Gasteiger partial charge in [-0.1, -0.05) is 12.1 Å². The Labute approximate surface area is 157 Å². The molecule has 3 aromatic rings. The van der Waals surface area contributed by atoms with Gasteiger partial charge in [0.05, 0.1) is 17.1 Å². The Hall–Kier alpha value is -2.76. The molecule has 2 heterocycles. The van der Waals surface area contributed by atoms with Gasteiger partial charge in [0, 0.05) is 24.2 Å². The lowest BCUT2D eigenvalue weighted by Crippen LogP contribution is -2.26. The number of nitrogens with one attached hydrogen (secondary N) is 1. The summed E-state index contributed by atoms with van der Waals surface area (Å²) in [6.45, 7) is 4.55. The maximum Gasteiger partial charge on any atom is 0.252 e. The van der Waals surface area contributed by atoms with Gasteiger partial charge in [0.15, 0.2) is 5.65 Å². The number of aromatic nitrogens is 3. The molecule has 2 aromatic heterocycles. The van der Waals surface area contributed by atoms with E-state index in [1.807, 2.05) is 16.8 Å². The number of carbonyl (C=O) groups excluding carboxylic acids is 1. The molecule has 1 fully saturated rings.